The molecule has 0 atom stereocenters. The number of aliphatic imine (C=N–C) groups is 1. The highest BCUT2D eigenvalue weighted by atomic mass is 79.9. The van der Waals surface area contributed by atoms with Gasteiger partial charge in [0.05, 0.1) is 5.69 Å². The maximum atomic E-state index is 4.55. The molecule has 0 N–H and O–H groups in total. The zero-order valence-electron chi connectivity index (χ0n) is 10.1. The molecule has 0 aliphatic carbocycles. The van der Waals surface area contributed by atoms with Gasteiger partial charge in [-0.1, -0.05) is 45.9 Å². The lowest BCUT2D eigenvalue weighted by molar-refractivity contribution is 0.835. The standard InChI is InChI=1S/C13H17Br2N/c1-8(2)10-6-5-7-11(9(3)4)12(10)16-13(14)15/h5-9H,1-4H3. The molecule has 0 saturated heterocycles. The van der Waals surface area contributed by atoms with E-state index in [0.29, 0.717) is 11.8 Å². The van der Waals surface area contributed by atoms with E-state index in [4.69, 9.17) is 0 Å². The van der Waals surface area contributed by atoms with Crippen LogP contribution in [0.15, 0.2) is 23.2 Å². The highest BCUT2D eigenvalue weighted by Crippen LogP contribution is 2.35. The fraction of sp³-hybridized carbons (Fsp3) is 0.462. The second-order valence-corrected chi connectivity index (χ2v) is 7.01. The average Bonchev–Trinajstić information content (AvgIpc) is 2.16. The second-order valence-electron chi connectivity index (χ2n) is 4.45. The number of hydrogen-bond donors (Lipinski definition) is 0. The van der Waals surface area contributed by atoms with Gasteiger partial charge < -0.3 is 0 Å². The maximum Gasteiger partial charge on any atom is 0.149 e. The first-order chi connectivity index (χ1) is 7.43. The summed E-state index contributed by atoms with van der Waals surface area (Å²) in [5, 5.41) is 0. The fourth-order valence-electron chi connectivity index (χ4n) is 1.73. The molecular formula is C13H17Br2N. The van der Waals surface area contributed by atoms with Crippen LogP contribution in [0.25, 0.3) is 0 Å². The van der Waals surface area contributed by atoms with Crippen LogP contribution in [0.5, 0.6) is 0 Å². The predicted molar refractivity (Wildman–Crippen MR) is 79.6 cm³/mol. The Morgan fingerprint density at radius 2 is 1.44 bits per heavy atom. The van der Waals surface area contributed by atoms with E-state index >= 15 is 0 Å². The molecule has 1 aromatic rings. The predicted octanol–water partition coefficient (Wildman–Crippen LogP) is 5.71. The molecule has 0 heterocycles. The van der Waals surface area contributed by atoms with Gasteiger partial charge in [0.1, 0.15) is 3.53 Å². The first-order valence-electron chi connectivity index (χ1n) is 5.46. The highest BCUT2D eigenvalue weighted by molar-refractivity contribution is 9.39. The molecule has 0 aliphatic heterocycles. The van der Waals surface area contributed by atoms with Crippen LogP contribution >= 0.6 is 31.9 Å². The van der Waals surface area contributed by atoms with Crippen molar-refractivity contribution in [3.05, 3.63) is 29.3 Å². The molecule has 3 heteroatoms. The summed E-state index contributed by atoms with van der Waals surface area (Å²) in [6, 6.07) is 6.42. The van der Waals surface area contributed by atoms with Crippen molar-refractivity contribution in [2.75, 3.05) is 0 Å². The van der Waals surface area contributed by atoms with Crippen LogP contribution in [0.1, 0.15) is 50.7 Å². The largest absolute Gasteiger partial charge is 0.233 e. The zero-order valence-corrected chi connectivity index (χ0v) is 13.3. The van der Waals surface area contributed by atoms with Gasteiger partial charge in [0, 0.05) is 0 Å². The van der Waals surface area contributed by atoms with Crippen molar-refractivity contribution in [2.45, 2.75) is 39.5 Å². The summed E-state index contributed by atoms with van der Waals surface area (Å²) in [7, 11) is 0. The minimum Gasteiger partial charge on any atom is -0.233 e. The van der Waals surface area contributed by atoms with Gasteiger partial charge in [-0.2, -0.15) is 0 Å². The Balaban J connectivity index is 3.41. The topological polar surface area (TPSA) is 12.4 Å². The van der Waals surface area contributed by atoms with E-state index in [2.05, 4.69) is 82.7 Å². The van der Waals surface area contributed by atoms with Crippen LogP contribution in [-0.2, 0) is 0 Å². The maximum absolute atomic E-state index is 4.55. The highest BCUT2D eigenvalue weighted by Gasteiger charge is 2.13. The third-order valence-corrected chi connectivity index (χ3v) is 2.89. The molecule has 0 amide bonds. The first-order valence-corrected chi connectivity index (χ1v) is 7.04. The van der Waals surface area contributed by atoms with Gasteiger partial charge in [-0.05, 0) is 54.8 Å². The summed E-state index contributed by atoms with van der Waals surface area (Å²) < 4.78 is 0.745. The Labute approximate surface area is 115 Å². The molecule has 0 fully saturated rings. The third-order valence-electron chi connectivity index (χ3n) is 2.54. The van der Waals surface area contributed by atoms with Crippen LogP contribution in [0.3, 0.4) is 0 Å². The normalized spacial score (nSPS) is 11.0. The third kappa shape index (κ3) is 3.42. The molecule has 0 unspecified atom stereocenters. The quantitative estimate of drug-likeness (QED) is 0.621. The first kappa shape index (κ1) is 13.9. The molecular weight excluding hydrogens is 330 g/mol. The van der Waals surface area contributed by atoms with Crippen LogP contribution < -0.4 is 0 Å². The number of hydrogen-bond acceptors (Lipinski definition) is 1. The fourth-order valence-corrected chi connectivity index (χ4v) is 2.08. The van der Waals surface area contributed by atoms with Gasteiger partial charge in [0.25, 0.3) is 0 Å². The Hall–Kier alpha value is -0.150. The molecule has 0 aliphatic rings. The van der Waals surface area contributed by atoms with Crippen molar-refractivity contribution in [3.63, 3.8) is 0 Å². The van der Waals surface area contributed by atoms with Gasteiger partial charge in [0.15, 0.2) is 0 Å². The number of rotatable bonds is 3. The molecule has 0 saturated carbocycles. The number of halogens is 2. The minimum atomic E-state index is 0.483. The van der Waals surface area contributed by atoms with Crippen molar-refractivity contribution in [1.82, 2.24) is 0 Å². The van der Waals surface area contributed by atoms with Gasteiger partial charge in [-0.15, -0.1) is 0 Å². The van der Waals surface area contributed by atoms with Gasteiger partial charge in [-0.25, -0.2) is 4.99 Å². The second kappa shape index (κ2) is 5.97. The molecule has 1 rings (SSSR count). The smallest absolute Gasteiger partial charge is 0.149 e. The lowest BCUT2D eigenvalue weighted by Crippen LogP contribution is -1.95. The molecule has 88 valence electrons. The molecule has 1 aromatic carbocycles. The number of nitrogens with zero attached hydrogens (tertiary/aromatic N) is 1. The number of benzene rings is 1. The van der Waals surface area contributed by atoms with Crippen LogP contribution in [-0.4, -0.2) is 3.53 Å². The summed E-state index contributed by atoms with van der Waals surface area (Å²) >= 11 is 6.69. The van der Waals surface area contributed by atoms with E-state index < -0.39 is 0 Å². The SMILES string of the molecule is CC(C)c1cccc(C(C)C)c1N=C(Br)Br. The molecule has 0 aromatic heterocycles. The Morgan fingerprint density at radius 1 is 1.00 bits per heavy atom. The Bertz CT molecular complexity index is 365. The van der Waals surface area contributed by atoms with E-state index in [0.717, 1.165) is 9.22 Å². The van der Waals surface area contributed by atoms with E-state index in [1.54, 1.807) is 0 Å². The average molecular weight is 347 g/mol. The number of para-hydroxylation sites is 1. The Kier molecular flexibility index (Phi) is 5.19. The van der Waals surface area contributed by atoms with E-state index in [1.807, 2.05) is 0 Å². The summed E-state index contributed by atoms with van der Waals surface area (Å²) in [6.07, 6.45) is 0. The van der Waals surface area contributed by atoms with Gasteiger partial charge >= 0.3 is 0 Å². The van der Waals surface area contributed by atoms with Crippen molar-refractivity contribution >= 4 is 41.1 Å². The Morgan fingerprint density at radius 3 is 1.75 bits per heavy atom. The van der Waals surface area contributed by atoms with E-state index in [1.165, 1.54) is 11.1 Å². The molecule has 16 heavy (non-hydrogen) atoms. The van der Waals surface area contributed by atoms with E-state index in [9.17, 15) is 0 Å². The van der Waals surface area contributed by atoms with Crippen LogP contribution in [0.4, 0.5) is 5.69 Å². The molecule has 0 bridgehead atoms. The van der Waals surface area contributed by atoms with Crippen LogP contribution in [0, 0.1) is 0 Å². The lowest BCUT2D eigenvalue weighted by Gasteiger charge is -2.16. The summed E-state index contributed by atoms with van der Waals surface area (Å²) in [5.74, 6) is 0.966. The zero-order chi connectivity index (χ0) is 12.3. The summed E-state index contributed by atoms with van der Waals surface area (Å²) in [6.45, 7) is 8.78. The molecule has 0 radical (unpaired) electrons. The molecule has 1 nitrogen and oxygen atoms in total. The molecule has 0 spiro atoms. The minimum absolute atomic E-state index is 0.483. The van der Waals surface area contributed by atoms with Crippen molar-refractivity contribution in [2.24, 2.45) is 4.99 Å². The monoisotopic (exact) mass is 345 g/mol. The summed E-state index contributed by atoms with van der Waals surface area (Å²) in [5.41, 5.74) is 3.68. The van der Waals surface area contributed by atoms with Crippen molar-refractivity contribution < 1.29 is 0 Å². The van der Waals surface area contributed by atoms with Gasteiger partial charge in [-0.3, -0.25) is 0 Å². The van der Waals surface area contributed by atoms with Crippen molar-refractivity contribution in [3.8, 4) is 0 Å². The lowest BCUT2D eigenvalue weighted by atomic mass is 9.93. The van der Waals surface area contributed by atoms with Crippen molar-refractivity contribution in [1.29, 1.82) is 0 Å². The van der Waals surface area contributed by atoms with Gasteiger partial charge in [0.2, 0.25) is 0 Å². The summed E-state index contributed by atoms with van der Waals surface area (Å²) in [4.78, 5) is 4.55. The van der Waals surface area contributed by atoms with E-state index in [-0.39, 0.29) is 0 Å². The van der Waals surface area contributed by atoms with Crippen LogP contribution in [0.2, 0.25) is 0 Å².